The Bertz CT molecular complexity index is 1830. The summed E-state index contributed by atoms with van der Waals surface area (Å²) < 4.78 is 14.3. The van der Waals surface area contributed by atoms with E-state index in [1.165, 1.54) is 69.7 Å². The summed E-state index contributed by atoms with van der Waals surface area (Å²) >= 11 is 11.9. The zero-order valence-electron chi connectivity index (χ0n) is 42.7. The Morgan fingerprint density at radius 2 is 1.06 bits per heavy atom. The Kier molecular flexibility index (Phi) is 30.7. The maximum Gasteiger partial charge on any atom is 1.00 e. The minimum absolute atomic E-state index is 0. The first kappa shape index (κ1) is 63.6. The largest absolute Gasteiger partial charge is 1.00 e. The van der Waals surface area contributed by atoms with E-state index in [4.69, 9.17) is 32.7 Å². The van der Waals surface area contributed by atoms with E-state index < -0.39 is 29.1 Å². The van der Waals surface area contributed by atoms with Crippen LogP contribution in [0.25, 0.3) is 0 Å². The number of rotatable bonds is 5. The molecule has 4 heterocycles. The van der Waals surface area contributed by atoms with Crippen molar-refractivity contribution in [1.29, 1.82) is 0 Å². The molecule has 4 saturated heterocycles. The molecule has 4 fully saturated rings. The number of amides is 2. The fourth-order valence-corrected chi connectivity index (χ4v) is 7.96. The number of carbonyl (C=O) groups excluding carboxylic acids is 6. The summed E-state index contributed by atoms with van der Waals surface area (Å²) in [5.41, 5.74) is 1.86. The number of ketones is 1. The third-order valence-electron chi connectivity index (χ3n) is 10.9. The van der Waals surface area contributed by atoms with Gasteiger partial charge in [-0.2, -0.15) is 0 Å². The van der Waals surface area contributed by atoms with Crippen molar-refractivity contribution in [2.24, 2.45) is 0 Å². The molecule has 0 aromatic heterocycles. The minimum atomic E-state index is -0.639. The zero-order valence-corrected chi connectivity index (χ0v) is 46.3. The number of likely N-dealkylation sites (tertiary alicyclic amines) is 3. The Hall–Kier alpha value is -3.38. The number of hydrogen-bond acceptors (Lipinski definition) is 13. The number of halogens is 2. The van der Waals surface area contributed by atoms with Crippen LogP contribution in [-0.2, 0) is 55.9 Å². The predicted molar refractivity (Wildman–Crippen MR) is 264 cm³/mol. The molecule has 4 aliphatic heterocycles. The van der Waals surface area contributed by atoms with Gasteiger partial charge >= 0.3 is 53.7 Å². The van der Waals surface area contributed by atoms with Gasteiger partial charge in [-0.1, -0.05) is 60.3 Å². The summed E-state index contributed by atoms with van der Waals surface area (Å²) in [6.07, 6.45) is 12.6. The van der Waals surface area contributed by atoms with Gasteiger partial charge in [0.1, 0.15) is 17.0 Å². The van der Waals surface area contributed by atoms with E-state index in [1.54, 1.807) is 4.90 Å². The first-order valence-corrected chi connectivity index (χ1v) is 24.4. The third kappa shape index (κ3) is 29.5. The molecule has 2 unspecified atom stereocenters. The number of benzene rings is 2. The minimum Gasteiger partial charge on any atom is -0.793 e. The second-order valence-electron chi connectivity index (χ2n) is 19.2. The van der Waals surface area contributed by atoms with Crippen molar-refractivity contribution in [3.63, 3.8) is 0 Å². The van der Waals surface area contributed by atoms with E-state index in [-0.39, 0.29) is 47.5 Å². The average molecular weight is 1010 g/mol. The van der Waals surface area contributed by atoms with Crippen molar-refractivity contribution in [3.8, 4) is 0 Å². The average Bonchev–Trinajstić information content (AvgIpc) is 3.28. The molecule has 4 aliphatic rings. The standard InChI is InChI=1S/C22H33ClN2O2.C12H16ClN.C10H17NO3.C4H6O4.C2H3BO2.Na/c1-22(2,3)27-21(26)24-14-11-19(12-15-24)25-13-5-4-6-20(25)16-17-7-9-18(23)10-8-17;13-11-6-4-10(5-7-11)9-12-3-1-2-8-14-12;1-10(2,3)14-9(13)11-6-4-8(12)5-7-11;1-3(5)7-8-4(2)6;1-2(4)5-3;/h7-10,19-20H,4-6,11-16H2,1-3H3;4-7,12,14H,1-3,8-9H2;4-7H2,1-3H3;1-2H3;1H3;/q;;;;-1;+1. The van der Waals surface area contributed by atoms with Crippen LogP contribution in [0.2, 0.25) is 10.0 Å². The molecule has 379 valence electrons. The fourth-order valence-electron chi connectivity index (χ4n) is 7.71. The molecule has 0 spiro atoms. The van der Waals surface area contributed by atoms with Gasteiger partial charge < -0.3 is 37.3 Å². The smallest absolute Gasteiger partial charge is 0.793 e. The summed E-state index contributed by atoms with van der Waals surface area (Å²) in [7, 11) is 4.32. The normalized spacial score (nSPS) is 18.5. The van der Waals surface area contributed by atoms with E-state index in [0.717, 1.165) is 62.7 Å². The van der Waals surface area contributed by atoms with Crippen LogP contribution in [0.3, 0.4) is 0 Å². The molecule has 2 aromatic carbocycles. The second kappa shape index (κ2) is 33.3. The molecule has 3 radical (unpaired) electrons. The van der Waals surface area contributed by atoms with E-state index in [9.17, 15) is 28.8 Å². The molecule has 2 amide bonds. The van der Waals surface area contributed by atoms with Gasteiger partial charge in [0.15, 0.2) is 0 Å². The van der Waals surface area contributed by atoms with Crippen LogP contribution >= 0.6 is 23.2 Å². The Morgan fingerprint density at radius 3 is 1.46 bits per heavy atom. The number of ether oxygens (including phenoxy) is 2. The van der Waals surface area contributed by atoms with Gasteiger partial charge in [-0.05, 0) is 141 Å². The summed E-state index contributed by atoms with van der Waals surface area (Å²) in [5.74, 6) is -1.52. The van der Waals surface area contributed by atoms with Crippen molar-refractivity contribution in [2.45, 2.75) is 169 Å². The van der Waals surface area contributed by atoms with Crippen molar-refractivity contribution in [1.82, 2.24) is 20.0 Å². The van der Waals surface area contributed by atoms with Gasteiger partial charge in [0, 0.05) is 88.0 Å². The molecular weight excluding hydrogens is 937 g/mol. The number of Topliss-reactive ketones (excluding diaryl/α,β-unsaturated/α-hetero) is 1. The first-order valence-electron chi connectivity index (χ1n) is 23.6. The Morgan fingerprint density at radius 1 is 0.623 bits per heavy atom. The van der Waals surface area contributed by atoms with Crippen molar-refractivity contribution < 1.29 is 82.2 Å². The predicted octanol–water partition coefficient (Wildman–Crippen LogP) is 6.41. The van der Waals surface area contributed by atoms with Crippen LogP contribution in [0.15, 0.2) is 48.5 Å². The topological polar surface area (TPSA) is 170 Å². The SMILES string of the molecule is CC(=O)OOC(C)=O.CC(C)(C)OC(=O)N1CCC(=O)CC1.CC(C)(C)OC(=O)N1CCC(N2CCCCC2Cc2ccc(Cl)cc2)CC1.Clc1ccc(CC2CCCCN2)cc1.[B-]OC(C)=O.[Na+]. The van der Waals surface area contributed by atoms with Gasteiger partial charge in [-0.3, -0.25) is 14.5 Å². The Balaban J connectivity index is 0.000000481. The fraction of sp³-hybridized carbons (Fsp3) is 0.640. The zero-order chi connectivity index (χ0) is 50.9. The molecule has 6 rings (SSSR count). The van der Waals surface area contributed by atoms with Crippen LogP contribution in [-0.4, -0.2) is 127 Å². The molecule has 0 aliphatic carbocycles. The summed E-state index contributed by atoms with van der Waals surface area (Å²) in [6.45, 7) is 19.7. The molecule has 15 nitrogen and oxygen atoms in total. The van der Waals surface area contributed by atoms with Crippen LogP contribution in [0.1, 0.15) is 138 Å². The Labute approximate surface area is 444 Å². The number of nitrogens with one attached hydrogen (secondary N) is 1. The van der Waals surface area contributed by atoms with Crippen LogP contribution in [0.5, 0.6) is 0 Å². The monoisotopic (exact) mass is 1010 g/mol. The third-order valence-corrected chi connectivity index (χ3v) is 11.4. The van der Waals surface area contributed by atoms with Crippen LogP contribution in [0, 0.1) is 0 Å². The van der Waals surface area contributed by atoms with Crippen molar-refractivity contribution in [3.05, 3.63) is 69.7 Å². The molecule has 1 N–H and O–H groups in total. The summed E-state index contributed by atoms with van der Waals surface area (Å²) in [6, 6.07) is 18.3. The quantitative estimate of drug-likeness (QED) is 0.198. The maximum absolute atomic E-state index is 12.3. The molecule has 2 atom stereocenters. The van der Waals surface area contributed by atoms with E-state index >= 15 is 0 Å². The van der Waals surface area contributed by atoms with Gasteiger partial charge in [0.05, 0.1) is 0 Å². The van der Waals surface area contributed by atoms with E-state index in [2.05, 4.69) is 57.0 Å². The van der Waals surface area contributed by atoms with Crippen molar-refractivity contribution in [2.75, 3.05) is 39.3 Å². The molecule has 0 bridgehead atoms. The number of hydrogen-bond donors (Lipinski definition) is 1. The number of nitrogens with zero attached hydrogens (tertiary/aromatic N) is 3. The van der Waals surface area contributed by atoms with Gasteiger partial charge in [-0.15, -0.1) is 0 Å². The molecular formula is C50H75BCl2N4NaO11. The summed E-state index contributed by atoms with van der Waals surface area (Å²) in [5, 5.41) is 5.17. The van der Waals surface area contributed by atoms with E-state index in [0.29, 0.717) is 44.1 Å². The van der Waals surface area contributed by atoms with Crippen LogP contribution in [0.4, 0.5) is 9.59 Å². The van der Waals surface area contributed by atoms with Crippen molar-refractivity contribution >= 4 is 67.1 Å². The second-order valence-corrected chi connectivity index (χ2v) is 20.0. The number of piperidine rings is 4. The molecule has 19 heteroatoms. The maximum atomic E-state index is 12.3. The first-order chi connectivity index (χ1) is 31.9. The van der Waals surface area contributed by atoms with E-state index in [1.807, 2.05) is 70.7 Å². The molecule has 2 aromatic rings. The molecule has 69 heavy (non-hydrogen) atoms. The van der Waals surface area contributed by atoms with Crippen LogP contribution < -0.4 is 34.9 Å². The van der Waals surface area contributed by atoms with Gasteiger partial charge in [0.2, 0.25) is 5.97 Å². The molecule has 0 saturated carbocycles. The van der Waals surface area contributed by atoms with Gasteiger partial charge in [-0.25, -0.2) is 29.0 Å². The summed E-state index contributed by atoms with van der Waals surface area (Å²) in [4.78, 5) is 77.7. The number of carbonyl (C=O) groups is 6. The van der Waals surface area contributed by atoms with Gasteiger partial charge in [0.25, 0.3) is 0 Å².